The molecule has 1 N–H and O–H groups in total. The fourth-order valence-electron chi connectivity index (χ4n) is 4.56. The molecule has 0 atom stereocenters. The summed E-state index contributed by atoms with van der Waals surface area (Å²) < 4.78 is 6.96. The van der Waals surface area contributed by atoms with Gasteiger partial charge in [0.1, 0.15) is 0 Å². The molecule has 0 spiro atoms. The average Bonchev–Trinajstić information content (AvgIpc) is 3.32. The Bertz CT molecular complexity index is 1300. The second kappa shape index (κ2) is 7.96. The van der Waals surface area contributed by atoms with Crippen molar-refractivity contribution in [1.29, 1.82) is 0 Å². The van der Waals surface area contributed by atoms with Crippen LogP contribution < -0.4 is 5.76 Å². The van der Waals surface area contributed by atoms with Crippen molar-refractivity contribution in [3.8, 4) is 22.9 Å². The molecule has 31 heavy (non-hydrogen) atoms. The predicted molar refractivity (Wildman–Crippen MR) is 120 cm³/mol. The van der Waals surface area contributed by atoms with Crippen molar-refractivity contribution in [2.45, 2.75) is 46.1 Å². The maximum absolute atomic E-state index is 11.5. The summed E-state index contributed by atoms with van der Waals surface area (Å²) in [5.41, 5.74) is 4.53. The normalized spacial score (nSPS) is 19.2. The number of rotatable bonds is 4. The van der Waals surface area contributed by atoms with E-state index in [-0.39, 0.29) is 5.82 Å². The van der Waals surface area contributed by atoms with Gasteiger partial charge in [-0.3, -0.25) is 9.51 Å². The van der Waals surface area contributed by atoms with Gasteiger partial charge in [-0.1, -0.05) is 48.7 Å². The molecule has 0 aliphatic heterocycles. The van der Waals surface area contributed by atoms with Crippen LogP contribution in [0, 0.1) is 18.8 Å². The first-order valence-electron chi connectivity index (χ1n) is 10.7. The van der Waals surface area contributed by atoms with Gasteiger partial charge in [-0.2, -0.15) is 0 Å². The number of aromatic amines is 1. The van der Waals surface area contributed by atoms with Crippen molar-refractivity contribution in [2.75, 3.05) is 0 Å². The van der Waals surface area contributed by atoms with Crippen molar-refractivity contribution >= 4 is 22.6 Å². The number of aromatic nitrogens is 5. The van der Waals surface area contributed by atoms with Crippen LogP contribution >= 0.6 is 11.6 Å². The molecule has 0 amide bonds. The molecular formula is C23H24ClN5O2. The first-order chi connectivity index (χ1) is 15.0. The molecule has 3 aromatic heterocycles. The standard InChI is InChI=1S/C23H24ClN5O2/c1-13-6-8-15(9-7-13)12-29-11-14(2)18-20(29)19(16-4-3-5-17(24)10-16)26-21(25-18)22-27-23(30)31-28-22/h3-5,10-11,13,15H,6-9,12H2,1-2H3,(H,27,28,30)/t13-,15-. The van der Waals surface area contributed by atoms with Crippen LogP contribution in [-0.2, 0) is 6.54 Å². The maximum atomic E-state index is 11.5. The Kier molecular flexibility index (Phi) is 5.14. The number of aryl methyl sites for hydroxylation is 1. The van der Waals surface area contributed by atoms with Crippen LogP contribution in [0.25, 0.3) is 33.9 Å². The minimum atomic E-state index is -0.635. The van der Waals surface area contributed by atoms with E-state index in [1.54, 1.807) is 0 Å². The van der Waals surface area contributed by atoms with Crippen LogP contribution in [0.2, 0.25) is 5.02 Å². The largest absolute Gasteiger partial charge is 0.439 e. The molecule has 1 aliphatic carbocycles. The smallest absolute Gasteiger partial charge is 0.344 e. The van der Waals surface area contributed by atoms with Gasteiger partial charge < -0.3 is 4.57 Å². The van der Waals surface area contributed by atoms with E-state index in [9.17, 15) is 4.79 Å². The Morgan fingerprint density at radius 3 is 2.74 bits per heavy atom. The van der Waals surface area contributed by atoms with E-state index >= 15 is 0 Å². The number of nitrogens with one attached hydrogen (secondary N) is 1. The Morgan fingerprint density at radius 1 is 1.23 bits per heavy atom. The fraction of sp³-hybridized carbons (Fsp3) is 0.391. The second-order valence-corrected chi connectivity index (χ2v) is 9.07. The third kappa shape index (κ3) is 3.90. The SMILES string of the molecule is Cc1cn(C[C@H]2CC[C@H](C)CC2)c2c(-c3cccc(Cl)c3)nc(-c3noc(=O)[nH]3)nc12. The van der Waals surface area contributed by atoms with Gasteiger partial charge in [-0.05, 0) is 49.3 Å². The summed E-state index contributed by atoms with van der Waals surface area (Å²) in [4.78, 5) is 23.6. The molecule has 1 saturated carbocycles. The molecule has 4 aromatic rings. The lowest BCUT2D eigenvalue weighted by molar-refractivity contribution is 0.267. The van der Waals surface area contributed by atoms with Crippen molar-refractivity contribution in [3.63, 3.8) is 0 Å². The summed E-state index contributed by atoms with van der Waals surface area (Å²) in [6.07, 6.45) is 7.20. The third-order valence-corrected chi connectivity index (χ3v) is 6.47. The summed E-state index contributed by atoms with van der Waals surface area (Å²) in [5.74, 6) is 1.36. The molecule has 1 fully saturated rings. The molecule has 1 aromatic carbocycles. The molecular weight excluding hydrogens is 414 g/mol. The highest BCUT2D eigenvalue weighted by Gasteiger charge is 2.23. The van der Waals surface area contributed by atoms with Crippen molar-refractivity contribution in [1.82, 2.24) is 24.7 Å². The third-order valence-electron chi connectivity index (χ3n) is 6.23. The molecule has 1 aliphatic rings. The van der Waals surface area contributed by atoms with Gasteiger partial charge in [-0.15, -0.1) is 0 Å². The van der Waals surface area contributed by atoms with Crippen LogP contribution in [0.3, 0.4) is 0 Å². The highest BCUT2D eigenvalue weighted by molar-refractivity contribution is 6.30. The Hall–Kier alpha value is -2.93. The van der Waals surface area contributed by atoms with Gasteiger partial charge in [0, 0.05) is 23.3 Å². The highest BCUT2D eigenvalue weighted by atomic mass is 35.5. The lowest BCUT2D eigenvalue weighted by atomic mass is 9.83. The zero-order valence-electron chi connectivity index (χ0n) is 17.6. The van der Waals surface area contributed by atoms with Gasteiger partial charge in [0.25, 0.3) is 0 Å². The Balaban J connectivity index is 1.68. The molecule has 5 rings (SSSR count). The molecule has 7 nitrogen and oxygen atoms in total. The van der Waals surface area contributed by atoms with E-state index in [4.69, 9.17) is 21.6 Å². The average molecular weight is 438 g/mol. The summed E-state index contributed by atoms with van der Waals surface area (Å²) in [6, 6.07) is 7.63. The summed E-state index contributed by atoms with van der Waals surface area (Å²) in [5, 5.41) is 4.42. The van der Waals surface area contributed by atoms with Gasteiger partial charge in [0.2, 0.25) is 11.6 Å². The quantitative estimate of drug-likeness (QED) is 0.472. The molecule has 0 unspecified atom stereocenters. The van der Waals surface area contributed by atoms with E-state index in [0.717, 1.165) is 40.3 Å². The van der Waals surface area contributed by atoms with Crippen LogP contribution in [0.5, 0.6) is 0 Å². The first kappa shape index (κ1) is 20.0. The molecule has 160 valence electrons. The minimum absolute atomic E-state index is 0.212. The minimum Gasteiger partial charge on any atom is -0.344 e. The number of hydrogen-bond donors (Lipinski definition) is 1. The van der Waals surface area contributed by atoms with Crippen molar-refractivity contribution < 1.29 is 4.52 Å². The fourth-order valence-corrected chi connectivity index (χ4v) is 4.75. The molecule has 0 bridgehead atoms. The van der Waals surface area contributed by atoms with Gasteiger partial charge in [-0.25, -0.2) is 14.8 Å². The van der Waals surface area contributed by atoms with E-state index < -0.39 is 5.76 Å². The number of hydrogen-bond acceptors (Lipinski definition) is 5. The van der Waals surface area contributed by atoms with Crippen LogP contribution in [0.4, 0.5) is 0 Å². The molecule has 8 heteroatoms. The maximum Gasteiger partial charge on any atom is 0.439 e. The van der Waals surface area contributed by atoms with Gasteiger partial charge >= 0.3 is 5.76 Å². The monoisotopic (exact) mass is 437 g/mol. The van der Waals surface area contributed by atoms with Gasteiger partial charge in [0.15, 0.2) is 0 Å². The highest BCUT2D eigenvalue weighted by Crippen LogP contribution is 2.35. The number of halogens is 1. The first-order valence-corrected chi connectivity index (χ1v) is 11.1. The summed E-state index contributed by atoms with van der Waals surface area (Å²) in [6.45, 7) is 5.33. The number of fused-ring (bicyclic) bond motifs is 1. The Labute approximate surface area is 184 Å². The number of nitrogens with zero attached hydrogens (tertiary/aromatic N) is 4. The van der Waals surface area contributed by atoms with Crippen molar-refractivity contribution in [2.24, 2.45) is 11.8 Å². The van der Waals surface area contributed by atoms with Gasteiger partial charge in [0.05, 0.1) is 16.7 Å². The second-order valence-electron chi connectivity index (χ2n) is 8.64. The van der Waals surface area contributed by atoms with Crippen LogP contribution in [-0.4, -0.2) is 24.7 Å². The zero-order chi connectivity index (χ0) is 21.5. The molecule has 3 heterocycles. The van der Waals surface area contributed by atoms with E-state index in [2.05, 4.69) is 32.4 Å². The number of H-pyrrole nitrogens is 1. The van der Waals surface area contributed by atoms with E-state index in [1.807, 2.05) is 31.2 Å². The van der Waals surface area contributed by atoms with E-state index in [1.165, 1.54) is 25.7 Å². The van der Waals surface area contributed by atoms with Crippen molar-refractivity contribution in [3.05, 3.63) is 51.6 Å². The molecule has 0 saturated heterocycles. The summed E-state index contributed by atoms with van der Waals surface area (Å²) in [7, 11) is 0. The number of benzene rings is 1. The predicted octanol–water partition coefficient (Wildman–Crippen LogP) is 5.23. The lowest BCUT2D eigenvalue weighted by Gasteiger charge is -2.26. The topological polar surface area (TPSA) is 89.6 Å². The lowest BCUT2D eigenvalue weighted by Crippen LogP contribution is -2.17. The molecule has 0 radical (unpaired) electrons. The van der Waals surface area contributed by atoms with Crippen LogP contribution in [0.15, 0.2) is 39.8 Å². The Morgan fingerprint density at radius 2 is 2.03 bits per heavy atom. The van der Waals surface area contributed by atoms with E-state index in [0.29, 0.717) is 16.8 Å². The van der Waals surface area contributed by atoms with Crippen LogP contribution in [0.1, 0.15) is 38.2 Å². The zero-order valence-corrected chi connectivity index (χ0v) is 18.3. The summed E-state index contributed by atoms with van der Waals surface area (Å²) >= 11 is 6.30.